The van der Waals surface area contributed by atoms with Crippen LogP contribution < -0.4 is 0 Å². The minimum atomic E-state index is -0.0448. The maximum Gasteiger partial charge on any atom is 0.236 e. The number of nitrogens with zero attached hydrogens (tertiary/aromatic N) is 5. The fourth-order valence-electron chi connectivity index (χ4n) is 3.72. The predicted molar refractivity (Wildman–Crippen MR) is 86.3 cm³/mol. The summed E-state index contributed by atoms with van der Waals surface area (Å²) >= 11 is 15.8. The monoisotopic (exact) mass is 406 g/mol. The summed E-state index contributed by atoms with van der Waals surface area (Å²) in [7, 11) is 0. The number of rotatable bonds is 3. The van der Waals surface area contributed by atoms with E-state index < -0.39 is 0 Å². The molecule has 3 atom stereocenters. The van der Waals surface area contributed by atoms with E-state index in [1.807, 2.05) is 0 Å². The van der Waals surface area contributed by atoms with Crippen molar-refractivity contribution in [3.63, 3.8) is 0 Å². The Morgan fingerprint density at radius 1 is 1.32 bits per heavy atom. The van der Waals surface area contributed by atoms with E-state index in [9.17, 15) is 4.79 Å². The number of Topliss-reactive ketones (excluding diaryl/α,β-unsaturated/α-hetero) is 1. The quantitative estimate of drug-likeness (QED) is 0.330. The van der Waals surface area contributed by atoms with Crippen molar-refractivity contribution in [3.05, 3.63) is 28.0 Å². The number of hydrogen-bond acceptors (Lipinski definition) is 5. The third kappa shape index (κ3) is 2.39. The van der Waals surface area contributed by atoms with Gasteiger partial charge in [-0.3, -0.25) is 9.28 Å². The first-order chi connectivity index (χ1) is 10.5. The number of carbonyl (C=O) groups is 1. The normalized spacial score (nSPS) is 39.2. The minimum absolute atomic E-state index is 0.0448. The summed E-state index contributed by atoms with van der Waals surface area (Å²) in [5, 5.41) is 0.904. The zero-order valence-electron chi connectivity index (χ0n) is 11.8. The third-order valence-electron chi connectivity index (χ3n) is 4.41. The molecular weight excluding hydrogens is 393 g/mol. The Hall–Kier alpha value is -0.280. The number of carbonyl (C=O) groups excluding carboxylic acids is 1. The number of ketones is 1. The van der Waals surface area contributed by atoms with Crippen LogP contribution in [0, 0.1) is 0 Å². The Morgan fingerprint density at radius 2 is 2.00 bits per heavy atom. The first kappa shape index (κ1) is 15.3. The van der Waals surface area contributed by atoms with Gasteiger partial charge in [-0.1, -0.05) is 23.2 Å². The van der Waals surface area contributed by atoms with E-state index in [4.69, 9.17) is 23.2 Å². The molecule has 9 heteroatoms. The topological polar surface area (TPSA) is 39.7 Å². The number of alkyl halides is 1. The summed E-state index contributed by atoms with van der Waals surface area (Å²) in [6, 6.07) is 1.57. The van der Waals surface area contributed by atoms with Crippen molar-refractivity contribution in [1.82, 2.24) is 19.7 Å². The van der Waals surface area contributed by atoms with Crippen molar-refractivity contribution in [2.45, 2.75) is 5.08 Å². The van der Waals surface area contributed by atoms with Crippen LogP contribution in [0.5, 0.6) is 0 Å². The van der Waals surface area contributed by atoms with E-state index in [-0.39, 0.29) is 10.9 Å². The van der Waals surface area contributed by atoms with Crippen LogP contribution in [0.3, 0.4) is 0 Å². The van der Waals surface area contributed by atoms with Gasteiger partial charge in [0.25, 0.3) is 0 Å². The highest BCUT2D eigenvalue weighted by Crippen LogP contribution is 2.37. The Labute approximate surface area is 146 Å². The van der Waals surface area contributed by atoms with E-state index in [1.54, 1.807) is 6.07 Å². The second-order valence-corrected chi connectivity index (χ2v) is 7.89. The molecule has 0 radical (unpaired) electrons. The van der Waals surface area contributed by atoms with Crippen LogP contribution in [-0.2, 0) is 0 Å². The van der Waals surface area contributed by atoms with E-state index >= 15 is 0 Å². The van der Waals surface area contributed by atoms with E-state index in [0.717, 1.165) is 33.3 Å². The average molecular weight is 408 g/mol. The van der Waals surface area contributed by atoms with Crippen LogP contribution >= 0.6 is 39.1 Å². The third-order valence-corrected chi connectivity index (χ3v) is 6.35. The number of halogens is 3. The fourth-order valence-corrected chi connectivity index (χ4v) is 4.87. The van der Waals surface area contributed by atoms with Crippen LogP contribution in [0.4, 0.5) is 0 Å². The SMILES string of the molecule is O=C(C[N+]12CN3CN(CN(C3)C1Br)C2)c1ncc(Cl)cc1Cl. The molecule has 1 aromatic rings. The molecule has 4 aliphatic heterocycles. The summed E-state index contributed by atoms with van der Waals surface area (Å²) in [5.41, 5.74) is 0.305. The molecule has 0 saturated carbocycles. The first-order valence-corrected chi connectivity index (χ1v) is 8.67. The molecule has 3 unspecified atom stereocenters. The number of aromatic nitrogens is 1. The second-order valence-electron chi connectivity index (χ2n) is 6.23. The molecule has 5 rings (SSSR count). The van der Waals surface area contributed by atoms with E-state index in [2.05, 4.69) is 35.6 Å². The van der Waals surface area contributed by atoms with E-state index in [1.165, 1.54) is 6.20 Å². The van der Waals surface area contributed by atoms with Crippen molar-refractivity contribution >= 4 is 44.9 Å². The Kier molecular flexibility index (Phi) is 3.73. The molecule has 4 aliphatic rings. The highest BCUT2D eigenvalue weighted by molar-refractivity contribution is 9.09. The molecule has 22 heavy (non-hydrogen) atoms. The molecule has 0 N–H and O–H groups in total. The standard InChI is InChI=1S/C13H15BrCl2N5O/c14-13-20-5-18-4-19(6-20)8-21(13,7-18)3-11(22)12-10(16)1-9(15)2-17-12/h1-2,13H,3-8H2/q+1. The van der Waals surface area contributed by atoms with Gasteiger partial charge in [0.05, 0.1) is 30.1 Å². The lowest BCUT2D eigenvalue weighted by Crippen LogP contribution is -2.82. The fraction of sp³-hybridized carbons (Fsp3) is 0.538. The van der Waals surface area contributed by atoms with Crippen LogP contribution in [0.1, 0.15) is 10.5 Å². The maximum absolute atomic E-state index is 12.7. The van der Waals surface area contributed by atoms with E-state index in [0.29, 0.717) is 26.8 Å². The Morgan fingerprint density at radius 3 is 2.64 bits per heavy atom. The van der Waals surface area contributed by atoms with Crippen LogP contribution in [-0.4, -0.2) is 74.9 Å². The molecule has 6 nitrogen and oxygen atoms in total. The Bertz CT molecular complexity index is 631. The van der Waals surface area contributed by atoms with Crippen molar-refractivity contribution in [2.75, 3.05) is 39.9 Å². The van der Waals surface area contributed by atoms with Gasteiger partial charge in [0.1, 0.15) is 25.6 Å². The summed E-state index contributed by atoms with van der Waals surface area (Å²) in [4.78, 5) is 23.9. The van der Waals surface area contributed by atoms with Gasteiger partial charge in [0.15, 0.2) is 0 Å². The van der Waals surface area contributed by atoms with Crippen molar-refractivity contribution < 1.29 is 9.28 Å². The van der Waals surface area contributed by atoms with Crippen molar-refractivity contribution in [3.8, 4) is 0 Å². The van der Waals surface area contributed by atoms with Gasteiger partial charge in [-0.05, 0) is 22.0 Å². The number of hydrogen-bond donors (Lipinski definition) is 0. The molecule has 5 heterocycles. The molecule has 4 bridgehead atoms. The van der Waals surface area contributed by atoms with Gasteiger partial charge in [0.2, 0.25) is 10.9 Å². The zero-order valence-corrected chi connectivity index (χ0v) is 14.9. The molecule has 0 aromatic carbocycles. The smallest absolute Gasteiger partial charge is 0.236 e. The molecule has 1 aromatic heterocycles. The van der Waals surface area contributed by atoms with Crippen molar-refractivity contribution in [2.24, 2.45) is 0 Å². The average Bonchev–Trinajstić information content (AvgIpc) is 2.43. The molecule has 118 valence electrons. The van der Waals surface area contributed by atoms with Gasteiger partial charge >= 0.3 is 0 Å². The summed E-state index contributed by atoms with van der Waals surface area (Å²) < 4.78 is 0.652. The van der Waals surface area contributed by atoms with Gasteiger partial charge in [-0.15, -0.1) is 0 Å². The molecule has 4 fully saturated rings. The molecule has 0 spiro atoms. The zero-order chi connectivity index (χ0) is 15.5. The maximum atomic E-state index is 12.7. The molecular formula is C13H15BrCl2N5O+. The molecule has 0 amide bonds. The highest BCUT2D eigenvalue weighted by Gasteiger charge is 2.55. The minimum Gasteiger partial charge on any atom is -0.286 e. The first-order valence-electron chi connectivity index (χ1n) is 7.00. The van der Waals surface area contributed by atoms with Crippen molar-refractivity contribution in [1.29, 1.82) is 0 Å². The summed E-state index contributed by atoms with van der Waals surface area (Å²) in [6.45, 7) is 4.96. The van der Waals surface area contributed by atoms with Crippen LogP contribution in [0.2, 0.25) is 10.0 Å². The molecule has 0 aliphatic carbocycles. The lowest BCUT2D eigenvalue weighted by molar-refractivity contribution is -0.981. The summed E-state index contributed by atoms with van der Waals surface area (Å²) in [5.74, 6) is -0.0448. The molecule has 4 saturated heterocycles. The largest absolute Gasteiger partial charge is 0.286 e. The van der Waals surface area contributed by atoms with Crippen LogP contribution in [0.25, 0.3) is 0 Å². The van der Waals surface area contributed by atoms with Gasteiger partial charge in [-0.2, -0.15) is 0 Å². The predicted octanol–water partition coefficient (Wildman–Crippen LogP) is 1.80. The second kappa shape index (κ2) is 5.37. The Balaban J connectivity index is 1.61. The van der Waals surface area contributed by atoms with Gasteiger partial charge in [-0.25, -0.2) is 19.7 Å². The lowest BCUT2D eigenvalue weighted by atomic mass is 10.2. The van der Waals surface area contributed by atoms with Crippen LogP contribution in [0.15, 0.2) is 12.3 Å². The summed E-state index contributed by atoms with van der Waals surface area (Å²) in [6.07, 6.45) is 1.47. The number of pyridine rings is 1. The highest BCUT2D eigenvalue weighted by atomic mass is 79.9. The van der Waals surface area contributed by atoms with Gasteiger partial charge in [0, 0.05) is 6.20 Å². The number of quaternary nitrogens is 1. The lowest BCUT2D eigenvalue weighted by Gasteiger charge is -2.62. The van der Waals surface area contributed by atoms with Gasteiger partial charge < -0.3 is 0 Å².